The molecule has 0 aliphatic heterocycles. The van der Waals surface area contributed by atoms with E-state index in [2.05, 4.69) is 4.90 Å². The van der Waals surface area contributed by atoms with Crippen molar-refractivity contribution in [3.63, 3.8) is 0 Å². The van der Waals surface area contributed by atoms with Crippen molar-refractivity contribution in [1.82, 2.24) is 4.90 Å². The highest BCUT2D eigenvalue weighted by Gasteiger charge is 2.36. The number of hydrogen-bond donors (Lipinski definition) is 1. The molecule has 1 fully saturated rings. The number of nitrogens with two attached hydrogens (primary N) is 1. The maximum atomic E-state index is 11.5. The second-order valence-electron chi connectivity index (χ2n) is 3.74. The molecule has 0 radical (unpaired) electrons. The van der Waals surface area contributed by atoms with Gasteiger partial charge in [0.05, 0.1) is 13.7 Å². The van der Waals surface area contributed by atoms with E-state index in [-0.39, 0.29) is 12.0 Å². The van der Waals surface area contributed by atoms with Gasteiger partial charge in [0.2, 0.25) is 0 Å². The molecular weight excluding hydrogens is 196 g/mol. The highest BCUT2D eigenvalue weighted by Crippen LogP contribution is 2.28. The van der Waals surface area contributed by atoms with Crippen LogP contribution in [0.3, 0.4) is 0 Å². The fraction of sp³-hybridized carbons (Fsp3) is 0.900. The number of methoxy groups -OCH3 is 2. The van der Waals surface area contributed by atoms with E-state index in [0.717, 1.165) is 19.4 Å². The summed E-state index contributed by atoms with van der Waals surface area (Å²) in [5, 5.41) is 0. The first kappa shape index (κ1) is 12.4. The van der Waals surface area contributed by atoms with Gasteiger partial charge in [0.1, 0.15) is 6.04 Å². The Kier molecular flexibility index (Phi) is 5.01. The summed E-state index contributed by atoms with van der Waals surface area (Å²) in [6.45, 7) is 1.65. The maximum Gasteiger partial charge on any atom is 0.324 e. The maximum absolute atomic E-state index is 11.5. The van der Waals surface area contributed by atoms with E-state index in [9.17, 15) is 4.79 Å². The molecule has 5 heteroatoms. The zero-order valence-corrected chi connectivity index (χ0v) is 9.44. The SMILES string of the molecule is COCCN(C1CC1)C(CN)C(=O)OC. The zero-order valence-electron chi connectivity index (χ0n) is 9.44. The van der Waals surface area contributed by atoms with Crippen molar-refractivity contribution < 1.29 is 14.3 Å². The minimum atomic E-state index is -0.322. The Morgan fingerprint density at radius 3 is 2.60 bits per heavy atom. The van der Waals surface area contributed by atoms with Crippen LogP contribution in [0.15, 0.2) is 0 Å². The molecule has 1 rings (SSSR count). The van der Waals surface area contributed by atoms with Crippen LogP contribution >= 0.6 is 0 Å². The first-order chi connectivity index (χ1) is 7.24. The highest BCUT2D eigenvalue weighted by molar-refractivity contribution is 5.76. The van der Waals surface area contributed by atoms with E-state index in [1.165, 1.54) is 7.11 Å². The molecule has 1 atom stereocenters. The Morgan fingerprint density at radius 2 is 2.20 bits per heavy atom. The molecule has 15 heavy (non-hydrogen) atoms. The van der Waals surface area contributed by atoms with E-state index in [4.69, 9.17) is 15.2 Å². The van der Waals surface area contributed by atoms with Crippen molar-refractivity contribution >= 4 is 5.97 Å². The first-order valence-corrected chi connectivity index (χ1v) is 5.27. The Balaban J connectivity index is 2.54. The Bertz CT molecular complexity index is 207. The van der Waals surface area contributed by atoms with Gasteiger partial charge in [-0.25, -0.2) is 0 Å². The Labute approximate surface area is 90.5 Å². The lowest BCUT2D eigenvalue weighted by molar-refractivity contribution is -0.147. The molecule has 5 nitrogen and oxygen atoms in total. The molecule has 1 aliphatic rings. The van der Waals surface area contributed by atoms with Crippen molar-refractivity contribution in [2.75, 3.05) is 33.9 Å². The second kappa shape index (κ2) is 6.05. The van der Waals surface area contributed by atoms with Gasteiger partial charge in [-0.15, -0.1) is 0 Å². The molecule has 0 aromatic heterocycles. The third-order valence-corrected chi connectivity index (χ3v) is 2.67. The van der Waals surface area contributed by atoms with E-state index in [0.29, 0.717) is 19.2 Å². The van der Waals surface area contributed by atoms with Gasteiger partial charge in [-0.1, -0.05) is 0 Å². The first-order valence-electron chi connectivity index (χ1n) is 5.27. The topological polar surface area (TPSA) is 64.8 Å². The van der Waals surface area contributed by atoms with Crippen LogP contribution in [0.4, 0.5) is 0 Å². The van der Waals surface area contributed by atoms with Crippen molar-refractivity contribution in [2.24, 2.45) is 5.73 Å². The average molecular weight is 216 g/mol. The van der Waals surface area contributed by atoms with Gasteiger partial charge in [0, 0.05) is 26.2 Å². The van der Waals surface area contributed by atoms with Crippen molar-refractivity contribution in [3.05, 3.63) is 0 Å². The summed E-state index contributed by atoms with van der Waals surface area (Å²) in [7, 11) is 3.05. The predicted octanol–water partition coefficient (Wildman–Crippen LogP) is -0.402. The molecule has 0 saturated heterocycles. The number of esters is 1. The zero-order chi connectivity index (χ0) is 11.3. The number of nitrogens with zero attached hydrogens (tertiary/aromatic N) is 1. The standard InChI is InChI=1S/C10H20N2O3/c1-14-6-5-12(8-3-4-8)9(7-11)10(13)15-2/h8-9H,3-7,11H2,1-2H3. The molecule has 0 bridgehead atoms. The van der Waals surface area contributed by atoms with E-state index >= 15 is 0 Å². The Morgan fingerprint density at radius 1 is 1.53 bits per heavy atom. The minimum Gasteiger partial charge on any atom is -0.468 e. The van der Waals surface area contributed by atoms with Gasteiger partial charge in [-0.2, -0.15) is 0 Å². The molecule has 1 saturated carbocycles. The molecule has 0 aromatic rings. The lowest BCUT2D eigenvalue weighted by Gasteiger charge is -2.28. The normalized spacial score (nSPS) is 17.9. The van der Waals surface area contributed by atoms with Gasteiger partial charge < -0.3 is 15.2 Å². The lowest BCUT2D eigenvalue weighted by atomic mass is 10.2. The summed E-state index contributed by atoms with van der Waals surface area (Å²) in [6.07, 6.45) is 2.27. The summed E-state index contributed by atoms with van der Waals surface area (Å²) in [6, 6.07) is 0.158. The smallest absolute Gasteiger partial charge is 0.324 e. The number of hydrogen-bond acceptors (Lipinski definition) is 5. The lowest BCUT2D eigenvalue weighted by Crippen LogP contribution is -2.49. The van der Waals surface area contributed by atoms with Gasteiger partial charge in [-0.05, 0) is 12.8 Å². The third kappa shape index (κ3) is 3.44. The molecule has 0 aromatic carbocycles. The van der Waals surface area contributed by atoms with Crippen LogP contribution in [0, 0.1) is 0 Å². The molecule has 0 spiro atoms. The minimum absolute atomic E-state index is 0.250. The number of ether oxygens (including phenoxy) is 2. The molecule has 0 heterocycles. The fourth-order valence-electron chi connectivity index (χ4n) is 1.70. The van der Waals surface area contributed by atoms with Crippen LogP contribution < -0.4 is 5.73 Å². The summed E-state index contributed by atoms with van der Waals surface area (Å²) in [5.74, 6) is -0.250. The van der Waals surface area contributed by atoms with Gasteiger partial charge >= 0.3 is 5.97 Å². The van der Waals surface area contributed by atoms with Crippen LogP contribution in [-0.2, 0) is 14.3 Å². The number of carbonyl (C=O) groups is 1. The molecule has 1 unspecified atom stereocenters. The van der Waals surface area contributed by atoms with Gasteiger partial charge in [0.25, 0.3) is 0 Å². The van der Waals surface area contributed by atoms with E-state index < -0.39 is 0 Å². The van der Waals surface area contributed by atoms with Crippen molar-refractivity contribution in [1.29, 1.82) is 0 Å². The van der Waals surface area contributed by atoms with Crippen LogP contribution in [0.5, 0.6) is 0 Å². The van der Waals surface area contributed by atoms with Crippen molar-refractivity contribution in [3.8, 4) is 0 Å². The monoisotopic (exact) mass is 216 g/mol. The van der Waals surface area contributed by atoms with Crippen LogP contribution in [-0.4, -0.2) is 56.9 Å². The summed E-state index contributed by atoms with van der Waals surface area (Å²) >= 11 is 0. The average Bonchev–Trinajstić information content (AvgIpc) is 3.07. The summed E-state index contributed by atoms with van der Waals surface area (Å²) in [5.41, 5.74) is 5.60. The van der Waals surface area contributed by atoms with Crippen LogP contribution in [0.2, 0.25) is 0 Å². The van der Waals surface area contributed by atoms with E-state index in [1.54, 1.807) is 7.11 Å². The summed E-state index contributed by atoms with van der Waals surface area (Å²) < 4.78 is 9.76. The van der Waals surface area contributed by atoms with Crippen molar-refractivity contribution in [2.45, 2.75) is 24.9 Å². The third-order valence-electron chi connectivity index (χ3n) is 2.67. The number of rotatable bonds is 7. The van der Waals surface area contributed by atoms with Gasteiger partial charge in [-0.3, -0.25) is 9.69 Å². The molecule has 2 N–H and O–H groups in total. The van der Waals surface area contributed by atoms with Crippen LogP contribution in [0.1, 0.15) is 12.8 Å². The predicted molar refractivity (Wildman–Crippen MR) is 56.5 cm³/mol. The van der Waals surface area contributed by atoms with E-state index in [1.807, 2.05) is 0 Å². The fourth-order valence-corrected chi connectivity index (χ4v) is 1.70. The summed E-state index contributed by atoms with van der Waals surface area (Å²) in [4.78, 5) is 13.6. The molecule has 88 valence electrons. The van der Waals surface area contributed by atoms with Crippen LogP contribution in [0.25, 0.3) is 0 Å². The molecule has 0 amide bonds. The Hall–Kier alpha value is -0.650. The molecular formula is C10H20N2O3. The quantitative estimate of drug-likeness (QED) is 0.586. The van der Waals surface area contributed by atoms with Gasteiger partial charge in [0.15, 0.2) is 0 Å². The highest BCUT2D eigenvalue weighted by atomic mass is 16.5. The number of carbonyl (C=O) groups excluding carboxylic acids is 1. The second-order valence-corrected chi connectivity index (χ2v) is 3.74. The molecule has 1 aliphatic carbocycles. The largest absolute Gasteiger partial charge is 0.468 e.